The standard InChI is InChI=1S/C32H54N2O6S/c1-22(2)16-29(35)30(36)28(18-26-14-10-7-11-15-26)34-31(37)24(5)19-33-32(38)27(17-25-12-8-6-9-13-25)21-41(39,40)20-23(3)4/h6,8-9,12-13,22-24,26-30,35-36H,7,10-11,14-21H2,1-5H3,(H,33,38)(H,34,37)/t24-,27-,28+,29+,30-/m1/s1. The summed E-state index contributed by atoms with van der Waals surface area (Å²) in [5.41, 5.74) is 0.873. The summed E-state index contributed by atoms with van der Waals surface area (Å²) in [7, 11) is -3.45. The molecule has 234 valence electrons. The van der Waals surface area contributed by atoms with Crippen molar-refractivity contribution in [3.63, 3.8) is 0 Å². The maximum Gasteiger partial charge on any atom is 0.224 e. The number of carbonyl (C=O) groups is 2. The molecule has 0 aromatic heterocycles. The van der Waals surface area contributed by atoms with Gasteiger partial charge in [0.05, 0.1) is 35.5 Å². The molecule has 8 nitrogen and oxygen atoms in total. The van der Waals surface area contributed by atoms with E-state index < -0.39 is 45.8 Å². The highest BCUT2D eigenvalue weighted by Crippen LogP contribution is 2.29. The molecule has 0 unspecified atom stereocenters. The third-order valence-corrected chi connectivity index (χ3v) is 10.0. The van der Waals surface area contributed by atoms with Gasteiger partial charge in [0.2, 0.25) is 11.8 Å². The molecule has 1 aliphatic carbocycles. The first kappa shape index (κ1) is 35.2. The molecule has 0 spiro atoms. The number of benzene rings is 1. The van der Waals surface area contributed by atoms with Gasteiger partial charge in [-0.05, 0) is 42.6 Å². The largest absolute Gasteiger partial charge is 0.390 e. The maximum absolute atomic E-state index is 13.2. The highest BCUT2D eigenvalue weighted by atomic mass is 32.2. The second-order valence-corrected chi connectivity index (χ2v) is 15.2. The van der Waals surface area contributed by atoms with Gasteiger partial charge in [-0.15, -0.1) is 0 Å². The number of hydrogen-bond donors (Lipinski definition) is 4. The van der Waals surface area contributed by atoms with Gasteiger partial charge >= 0.3 is 0 Å². The minimum atomic E-state index is -3.45. The Kier molecular flexibility index (Phi) is 14.8. The summed E-state index contributed by atoms with van der Waals surface area (Å²) >= 11 is 0. The Morgan fingerprint density at radius 2 is 1.54 bits per heavy atom. The van der Waals surface area contributed by atoms with Crippen LogP contribution in [0.25, 0.3) is 0 Å². The molecule has 0 aliphatic heterocycles. The summed E-state index contributed by atoms with van der Waals surface area (Å²) in [6.07, 6.45) is 4.88. The average Bonchev–Trinajstić information content (AvgIpc) is 2.90. The lowest BCUT2D eigenvalue weighted by Gasteiger charge is -2.33. The van der Waals surface area contributed by atoms with Gasteiger partial charge in [0, 0.05) is 6.54 Å². The number of rotatable bonds is 17. The van der Waals surface area contributed by atoms with Crippen LogP contribution in [0.5, 0.6) is 0 Å². The minimum Gasteiger partial charge on any atom is -0.390 e. The molecule has 5 atom stereocenters. The second-order valence-electron chi connectivity index (χ2n) is 13.0. The van der Waals surface area contributed by atoms with E-state index in [0.717, 1.165) is 31.2 Å². The summed E-state index contributed by atoms with van der Waals surface area (Å²) in [5.74, 6) is -1.78. The van der Waals surface area contributed by atoms with Crippen LogP contribution in [-0.2, 0) is 25.8 Å². The van der Waals surface area contributed by atoms with Crippen molar-refractivity contribution < 1.29 is 28.2 Å². The van der Waals surface area contributed by atoms with Gasteiger partial charge < -0.3 is 20.8 Å². The molecule has 0 bridgehead atoms. The number of amides is 2. The van der Waals surface area contributed by atoms with Crippen LogP contribution in [0.1, 0.15) is 85.1 Å². The number of aliphatic hydroxyl groups excluding tert-OH is 2. The second kappa shape index (κ2) is 17.2. The molecule has 1 saturated carbocycles. The minimum absolute atomic E-state index is 0.0117. The van der Waals surface area contributed by atoms with Crippen molar-refractivity contribution in [2.75, 3.05) is 18.1 Å². The maximum atomic E-state index is 13.2. The molecule has 41 heavy (non-hydrogen) atoms. The fraction of sp³-hybridized carbons (Fsp3) is 0.750. The summed E-state index contributed by atoms with van der Waals surface area (Å²) in [4.78, 5) is 26.5. The van der Waals surface area contributed by atoms with E-state index in [2.05, 4.69) is 10.6 Å². The van der Waals surface area contributed by atoms with Crippen molar-refractivity contribution in [3.8, 4) is 0 Å². The van der Waals surface area contributed by atoms with Crippen molar-refractivity contribution in [2.24, 2.45) is 29.6 Å². The topological polar surface area (TPSA) is 133 Å². The van der Waals surface area contributed by atoms with E-state index in [0.29, 0.717) is 18.8 Å². The molecule has 0 heterocycles. The Balaban J connectivity index is 2.06. The van der Waals surface area contributed by atoms with Crippen molar-refractivity contribution >= 4 is 21.7 Å². The fourth-order valence-electron chi connectivity index (χ4n) is 5.78. The number of aliphatic hydroxyl groups is 2. The van der Waals surface area contributed by atoms with Crippen LogP contribution in [0, 0.1) is 29.6 Å². The Morgan fingerprint density at radius 1 is 0.902 bits per heavy atom. The molecule has 1 aromatic rings. The number of carbonyl (C=O) groups excluding carboxylic acids is 2. The number of sulfone groups is 1. The van der Waals surface area contributed by atoms with Gasteiger partial charge in [0.1, 0.15) is 6.10 Å². The normalized spacial score (nSPS) is 18.5. The summed E-state index contributed by atoms with van der Waals surface area (Å²) in [6, 6.07) is 8.75. The predicted octanol–water partition coefficient (Wildman–Crippen LogP) is 3.89. The van der Waals surface area contributed by atoms with E-state index in [9.17, 15) is 28.2 Å². The molecule has 0 radical (unpaired) electrons. The first-order chi connectivity index (χ1) is 19.3. The van der Waals surface area contributed by atoms with Crippen LogP contribution >= 0.6 is 0 Å². The van der Waals surface area contributed by atoms with Crippen molar-refractivity contribution in [3.05, 3.63) is 35.9 Å². The Hall–Kier alpha value is -1.97. The summed E-state index contributed by atoms with van der Waals surface area (Å²) in [6.45, 7) is 9.38. The SMILES string of the molecule is CC(C)C[C@H](O)[C@H](O)[C@H](CC1CCCCC1)NC(=O)[C@H](C)CNC(=O)[C@H](Cc1ccccc1)CS(=O)(=O)CC(C)C. The average molecular weight is 595 g/mol. The van der Waals surface area contributed by atoms with E-state index in [4.69, 9.17) is 0 Å². The van der Waals surface area contributed by atoms with E-state index in [1.165, 1.54) is 6.42 Å². The molecule has 0 saturated heterocycles. The molecular weight excluding hydrogens is 540 g/mol. The lowest BCUT2D eigenvalue weighted by molar-refractivity contribution is -0.128. The van der Waals surface area contributed by atoms with E-state index in [-0.39, 0.29) is 42.2 Å². The fourth-order valence-corrected chi connectivity index (χ4v) is 7.81. The number of hydrogen-bond acceptors (Lipinski definition) is 6. The van der Waals surface area contributed by atoms with E-state index in [1.807, 2.05) is 58.0 Å². The highest BCUT2D eigenvalue weighted by molar-refractivity contribution is 7.91. The van der Waals surface area contributed by atoms with Crippen LogP contribution in [0.15, 0.2) is 30.3 Å². The smallest absolute Gasteiger partial charge is 0.224 e. The van der Waals surface area contributed by atoms with Crippen LogP contribution in [0.4, 0.5) is 0 Å². The van der Waals surface area contributed by atoms with Crippen LogP contribution in [0.2, 0.25) is 0 Å². The molecule has 1 fully saturated rings. The van der Waals surface area contributed by atoms with Gasteiger partial charge in [0.25, 0.3) is 0 Å². The van der Waals surface area contributed by atoms with Crippen molar-refractivity contribution in [2.45, 2.75) is 104 Å². The Labute approximate surface area is 248 Å². The van der Waals surface area contributed by atoms with Crippen molar-refractivity contribution in [1.82, 2.24) is 10.6 Å². The molecule has 1 aromatic carbocycles. The molecule has 2 amide bonds. The van der Waals surface area contributed by atoms with Gasteiger partial charge in [-0.2, -0.15) is 0 Å². The lowest BCUT2D eigenvalue weighted by atomic mass is 9.82. The Morgan fingerprint density at radius 3 is 2.12 bits per heavy atom. The molecule has 9 heteroatoms. The molecule has 1 aliphatic rings. The molecule has 2 rings (SSSR count). The lowest BCUT2D eigenvalue weighted by Crippen LogP contribution is -2.52. The van der Waals surface area contributed by atoms with Crippen LogP contribution in [0.3, 0.4) is 0 Å². The monoisotopic (exact) mass is 594 g/mol. The zero-order valence-electron chi connectivity index (χ0n) is 25.7. The first-order valence-corrected chi connectivity index (χ1v) is 17.3. The van der Waals surface area contributed by atoms with Gasteiger partial charge in [0.15, 0.2) is 9.84 Å². The van der Waals surface area contributed by atoms with Gasteiger partial charge in [-0.25, -0.2) is 8.42 Å². The van der Waals surface area contributed by atoms with Gasteiger partial charge in [-0.1, -0.05) is 97.1 Å². The zero-order valence-corrected chi connectivity index (χ0v) is 26.5. The number of nitrogens with one attached hydrogen (secondary N) is 2. The highest BCUT2D eigenvalue weighted by Gasteiger charge is 2.32. The predicted molar refractivity (Wildman–Crippen MR) is 164 cm³/mol. The van der Waals surface area contributed by atoms with Crippen LogP contribution in [-0.4, -0.2) is 66.7 Å². The van der Waals surface area contributed by atoms with Crippen LogP contribution < -0.4 is 10.6 Å². The summed E-state index contributed by atoms with van der Waals surface area (Å²) < 4.78 is 25.5. The molecular formula is C32H54N2O6S. The third kappa shape index (κ3) is 13.3. The quantitative estimate of drug-likeness (QED) is 0.216. The Bertz CT molecular complexity index is 1020. The van der Waals surface area contributed by atoms with Crippen molar-refractivity contribution in [1.29, 1.82) is 0 Å². The third-order valence-electron chi connectivity index (χ3n) is 7.93. The molecule has 4 N–H and O–H groups in total. The van der Waals surface area contributed by atoms with Gasteiger partial charge in [-0.3, -0.25) is 9.59 Å². The first-order valence-electron chi connectivity index (χ1n) is 15.5. The van der Waals surface area contributed by atoms with E-state index in [1.54, 1.807) is 6.92 Å². The van der Waals surface area contributed by atoms with E-state index >= 15 is 0 Å². The zero-order chi connectivity index (χ0) is 30.6. The summed E-state index contributed by atoms with van der Waals surface area (Å²) in [5, 5.41) is 27.4.